The van der Waals surface area contributed by atoms with Crippen LogP contribution in [0, 0.1) is 0 Å². The molecular weight excluding hydrogens is 152 g/mol. The van der Waals surface area contributed by atoms with Gasteiger partial charge in [-0.3, -0.25) is 4.90 Å². The summed E-state index contributed by atoms with van der Waals surface area (Å²) in [5.74, 6) is 0. The van der Waals surface area contributed by atoms with Gasteiger partial charge in [-0.2, -0.15) is 0 Å². The van der Waals surface area contributed by atoms with Crippen LogP contribution in [-0.2, 0) is 4.74 Å². The molecule has 0 aliphatic carbocycles. The van der Waals surface area contributed by atoms with E-state index in [4.69, 9.17) is 10.5 Å². The monoisotopic (exact) mass is 170 g/mol. The van der Waals surface area contributed by atoms with Crippen LogP contribution < -0.4 is 5.73 Å². The molecular formula is C9H18N2O. The molecule has 0 bridgehead atoms. The lowest BCUT2D eigenvalue weighted by atomic mass is 9.97. The predicted octanol–water partition coefficient (Wildman–Crippen LogP) is 0.197. The van der Waals surface area contributed by atoms with Gasteiger partial charge < -0.3 is 10.5 Å². The van der Waals surface area contributed by atoms with Crippen LogP contribution in [0.25, 0.3) is 0 Å². The number of ether oxygens (including phenoxy) is 1. The van der Waals surface area contributed by atoms with Gasteiger partial charge in [-0.1, -0.05) is 0 Å². The molecule has 0 aromatic rings. The third kappa shape index (κ3) is 1.26. The third-order valence-electron chi connectivity index (χ3n) is 3.22. The zero-order chi connectivity index (χ0) is 8.55. The van der Waals surface area contributed by atoms with Gasteiger partial charge in [-0.25, -0.2) is 0 Å². The van der Waals surface area contributed by atoms with Gasteiger partial charge >= 0.3 is 0 Å². The fourth-order valence-electron chi connectivity index (χ4n) is 2.31. The van der Waals surface area contributed by atoms with Gasteiger partial charge in [0.15, 0.2) is 0 Å². The molecule has 3 heteroatoms. The Morgan fingerprint density at radius 1 is 1.50 bits per heavy atom. The normalized spacial score (nSPS) is 43.0. The van der Waals surface area contributed by atoms with E-state index in [1.807, 2.05) is 0 Å². The van der Waals surface area contributed by atoms with E-state index >= 15 is 0 Å². The molecule has 12 heavy (non-hydrogen) atoms. The van der Waals surface area contributed by atoms with Gasteiger partial charge in [0.1, 0.15) is 0 Å². The van der Waals surface area contributed by atoms with E-state index in [0.29, 0.717) is 18.2 Å². The van der Waals surface area contributed by atoms with Crippen molar-refractivity contribution in [3.8, 4) is 0 Å². The van der Waals surface area contributed by atoms with E-state index in [2.05, 4.69) is 11.8 Å². The van der Waals surface area contributed by atoms with Crippen molar-refractivity contribution in [3.05, 3.63) is 0 Å². The molecule has 0 aromatic heterocycles. The van der Waals surface area contributed by atoms with Crippen LogP contribution in [0.15, 0.2) is 0 Å². The summed E-state index contributed by atoms with van der Waals surface area (Å²) < 4.78 is 5.53. The summed E-state index contributed by atoms with van der Waals surface area (Å²) in [5, 5.41) is 0. The summed E-state index contributed by atoms with van der Waals surface area (Å²) in [5.41, 5.74) is 5.65. The molecule has 70 valence electrons. The van der Waals surface area contributed by atoms with Crippen molar-refractivity contribution in [1.82, 2.24) is 4.90 Å². The molecule has 0 amide bonds. The highest BCUT2D eigenvalue weighted by molar-refractivity contribution is 4.93. The quantitative estimate of drug-likeness (QED) is 0.643. The Labute approximate surface area is 73.9 Å². The maximum atomic E-state index is 5.65. The molecule has 2 fully saturated rings. The van der Waals surface area contributed by atoms with Crippen LogP contribution in [0.5, 0.6) is 0 Å². The molecule has 0 saturated carbocycles. The number of likely N-dealkylation sites (tertiary alicyclic amines) is 1. The van der Waals surface area contributed by atoms with Crippen molar-refractivity contribution in [1.29, 1.82) is 0 Å². The van der Waals surface area contributed by atoms with Gasteiger partial charge in [-0.05, 0) is 19.8 Å². The lowest BCUT2D eigenvalue weighted by Gasteiger charge is -2.45. The minimum atomic E-state index is 0.416. The van der Waals surface area contributed by atoms with Crippen molar-refractivity contribution in [2.24, 2.45) is 5.73 Å². The van der Waals surface area contributed by atoms with Crippen LogP contribution >= 0.6 is 0 Å². The lowest BCUT2D eigenvalue weighted by Crippen LogP contribution is -2.58. The van der Waals surface area contributed by atoms with Crippen LogP contribution in [0.4, 0.5) is 0 Å². The molecule has 2 N–H and O–H groups in total. The smallest absolute Gasteiger partial charge is 0.0703 e. The standard InChI is InChI=1S/C9H18N2O/c1-7-9(3-5-12-7)11-4-2-8(11)6-10/h7-9H,2-6,10H2,1H3. The summed E-state index contributed by atoms with van der Waals surface area (Å²) in [6, 6.07) is 1.28. The molecule has 3 unspecified atom stereocenters. The molecule has 2 rings (SSSR count). The Balaban J connectivity index is 1.91. The van der Waals surface area contributed by atoms with Gasteiger partial charge in [-0.15, -0.1) is 0 Å². The SMILES string of the molecule is CC1OCCC1N1CCC1CN. The average Bonchev–Trinajstić information content (AvgIpc) is 2.36. The zero-order valence-electron chi connectivity index (χ0n) is 7.70. The summed E-state index contributed by atoms with van der Waals surface area (Å²) in [7, 11) is 0. The first-order valence-electron chi connectivity index (χ1n) is 4.90. The fraction of sp³-hybridized carbons (Fsp3) is 1.00. The highest BCUT2D eigenvalue weighted by Gasteiger charge is 2.38. The Bertz CT molecular complexity index is 161. The summed E-state index contributed by atoms with van der Waals surface area (Å²) >= 11 is 0. The Kier molecular flexibility index (Phi) is 2.35. The van der Waals surface area contributed by atoms with Crippen LogP contribution in [0.3, 0.4) is 0 Å². The van der Waals surface area contributed by atoms with Gasteiger partial charge in [0.05, 0.1) is 6.10 Å². The maximum Gasteiger partial charge on any atom is 0.0703 e. The molecule has 0 aromatic carbocycles. The van der Waals surface area contributed by atoms with E-state index in [1.165, 1.54) is 19.4 Å². The minimum Gasteiger partial charge on any atom is -0.377 e. The summed E-state index contributed by atoms with van der Waals surface area (Å²) in [4.78, 5) is 2.51. The molecule has 2 aliphatic rings. The number of hydrogen-bond donors (Lipinski definition) is 1. The van der Waals surface area contributed by atoms with Crippen LogP contribution in [-0.4, -0.2) is 42.8 Å². The summed E-state index contributed by atoms with van der Waals surface area (Å²) in [6.07, 6.45) is 2.89. The van der Waals surface area contributed by atoms with Gasteiger partial charge in [0, 0.05) is 31.8 Å². The second-order valence-corrected chi connectivity index (χ2v) is 3.85. The molecule has 0 spiro atoms. The lowest BCUT2D eigenvalue weighted by molar-refractivity contribution is 0.00671. The molecule has 3 atom stereocenters. The van der Waals surface area contributed by atoms with E-state index in [-0.39, 0.29) is 0 Å². The molecule has 3 nitrogen and oxygen atoms in total. The van der Waals surface area contributed by atoms with Crippen molar-refractivity contribution in [2.45, 2.75) is 38.0 Å². The molecule has 2 saturated heterocycles. The highest BCUT2D eigenvalue weighted by Crippen LogP contribution is 2.27. The van der Waals surface area contributed by atoms with Gasteiger partial charge in [0.2, 0.25) is 0 Å². The highest BCUT2D eigenvalue weighted by atomic mass is 16.5. The number of rotatable bonds is 2. The van der Waals surface area contributed by atoms with E-state index in [9.17, 15) is 0 Å². The van der Waals surface area contributed by atoms with Crippen molar-refractivity contribution in [3.63, 3.8) is 0 Å². The molecule has 2 aliphatic heterocycles. The maximum absolute atomic E-state index is 5.65. The zero-order valence-corrected chi connectivity index (χ0v) is 7.70. The molecule has 2 heterocycles. The largest absolute Gasteiger partial charge is 0.377 e. The number of nitrogens with two attached hydrogens (primary N) is 1. The Hall–Kier alpha value is -0.120. The number of nitrogens with zero attached hydrogens (tertiary/aromatic N) is 1. The fourth-order valence-corrected chi connectivity index (χ4v) is 2.31. The molecule has 0 radical (unpaired) electrons. The van der Waals surface area contributed by atoms with E-state index < -0.39 is 0 Å². The number of hydrogen-bond acceptors (Lipinski definition) is 3. The second kappa shape index (κ2) is 3.32. The first-order chi connectivity index (χ1) is 5.83. The first-order valence-corrected chi connectivity index (χ1v) is 4.90. The second-order valence-electron chi connectivity index (χ2n) is 3.85. The summed E-state index contributed by atoms with van der Waals surface area (Å²) in [6.45, 7) is 5.13. The van der Waals surface area contributed by atoms with Crippen molar-refractivity contribution < 1.29 is 4.74 Å². The minimum absolute atomic E-state index is 0.416. The van der Waals surface area contributed by atoms with Crippen molar-refractivity contribution in [2.75, 3.05) is 19.7 Å². The van der Waals surface area contributed by atoms with Gasteiger partial charge in [0.25, 0.3) is 0 Å². The van der Waals surface area contributed by atoms with Crippen LogP contribution in [0.2, 0.25) is 0 Å². The van der Waals surface area contributed by atoms with Crippen LogP contribution in [0.1, 0.15) is 19.8 Å². The third-order valence-corrected chi connectivity index (χ3v) is 3.22. The topological polar surface area (TPSA) is 38.5 Å². The van der Waals surface area contributed by atoms with Crippen molar-refractivity contribution >= 4 is 0 Å². The predicted molar refractivity (Wildman–Crippen MR) is 48.0 cm³/mol. The first kappa shape index (κ1) is 8.48. The van der Waals surface area contributed by atoms with E-state index in [1.54, 1.807) is 0 Å². The Morgan fingerprint density at radius 2 is 2.33 bits per heavy atom. The van der Waals surface area contributed by atoms with E-state index in [0.717, 1.165) is 13.2 Å². The Morgan fingerprint density at radius 3 is 2.75 bits per heavy atom. The average molecular weight is 170 g/mol.